The standard InChI is InChI=1S/C16H18O/c1-11(17)15-10-13(16(2,3)4)9-12-7-5-6-8-14(12)15/h5-10H,1-4H3. The van der Waals surface area contributed by atoms with Gasteiger partial charge in [0.05, 0.1) is 0 Å². The number of carbonyl (C=O) groups excluding carboxylic acids is 1. The Labute approximate surface area is 102 Å². The molecular formula is C16H18O. The van der Waals surface area contributed by atoms with Crippen molar-refractivity contribution in [3.8, 4) is 0 Å². The third kappa shape index (κ3) is 2.23. The average molecular weight is 226 g/mol. The summed E-state index contributed by atoms with van der Waals surface area (Å²) in [5.74, 6) is 0.132. The second-order valence-corrected chi connectivity index (χ2v) is 5.55. The van der Waals surface area contributed by atoms with E-state index in [-0.39, 0.29) is 11.2 Å². The first-order valence-electron chi connectivity index (χ1n) is 5.94. The third-order valence-corrected chi connectivity index (χ3v) is 3.11. The number of fused-ring (bicyclic) bond motifs is 1. The zero-order chi connectivity index (χ0) is 12.6. The fourth-order valence-electron chi connectivity index (χ4n) is 2.03. The molecule has 0 spiro atoms. The Hall–Kier alpha value is -1.63. The smallest absolute Gasteiger partial charge is 0.160 e. The maximum Gasteiger partial charge on any atom is 0.160 e. The van der Waals surface area contributed by atoms with Crippen LogP contribution in [0.5, 0.6) is 0 Å². The summed E-state index contributed by atoms with van der Waals surface area (Å²) in [7, 11) is 0. The van der Waals surface area contributed by atoms with Gasteiger partial charge in [-0.25, -0.2) is 0 Å². The molecule has 1 nitrogen and oxygen atoms in total. The number of rotatable bonds is 1. The highest BCUT2D eigenvalue weighted by Gasteiger charge is 2.17. The van der Waals surface area contributed by atoms with Crippen molar-refractivity contribution in [3.05, 3.63) is 47.5 Å². The molecule has 0 fully saturated rings. The summed E-state index contributed by atoms with van der Waals surface area (Å²) in [6.45, 7) is 8.14. The summed E-state index contributed by atoms with van der Waals surface area (Å²) in [5.41, 5.74) is 2.10. The third-order valence-electron chi connectivity index (χ3n) is 3.11. The van der Waals surface area contributed by atoms with Gasteiger partial charge in [-0.3, -0.25) is 4.79 Å². The number of carbonyl (C=O) groups is 1. The maximum atomic E-state index is 11.7. The van der Waals surface area contributed by atoms with Gasteiger partial charge in [0.15, 0.2) is 5.78 Å². The van der Waals surface area contributed by atoms with E-state index in [0.29, 0.717) is 0 Å². The van der Waals surface area contributed by atoms with Crippen molar-refractivity contribution in [2.24, 2.45) is 0 Å². The summed E-state index contributed by atoms with van der Waals surface area (Å²) >= 11 is 0. The summed E-state index contributed by atoms with van der Waals surface area (Å²) in [4.78, 5) is 11.7. The lowest BCUT2D eigenvalue weighted by molar-refractivity contribution is 0.101. The topological polar surface area (TPSA) is 17.1 Å². The van der Waals surface area contributed by atoms with E-state index in [1.165, 1.54) is 5.56 Å². The van der Waals surface area contributed by atoms with Gasteiger partial charge in [-0.2, -0.15) is 0 Å². The Kier molecular flexibility index (Phi) is 2.78. The van der Waals surface area contributed by atoms with Crippen LogP contribution >= 0.6 is 0 Å². The Bertz CT molecular complexity index is 574. The second-order valence-electron chi connectivity index (χ2n) is 5.55. The molecule has 0 saturated carbocycles. The lowest BCUT2D eigenvalue weighted by Gasteiger charge is -2.20. The highest BCUT2D eigenvalue weighted by molar-refractivity contribution is 6.07. The van der Waals surface area contributed by atoms with Crippen LogP contribution in [0.25, 0.3) is 10.8 Å². The predicted molar refractivity (Wildman–Crippen MR) is 72.7 cm³/mol. The normalized spacial score (nSPS) is 11.8. The molecule has 0 amide bonds. The molecule has 88 valence electrons. The van der Waals surface area contributed by atoms with Gasteiger partial charge < -0.3 is 0 Å². The molecule has 2 aromatic carbocycles. The highest BCUT2D eigenvalue weighted by atomic mass is 16.1. The van der Waals surface area contributed by atoms with Gasteiger partial charge in [0, 0.05) is 5.56 Å². The lowest BCUT2D eigenvalue weighted by atomic mass is 9.84. The maximum absolute atomic E-state index is 11.7. The van der Waals surface area contributed by atoms with Gasteiger partial charge in [-0.05, 0) is 34.7 Å². The van der Waals surface area contributed by atoms with Gasteiger partial charge in [0.1, 0.15) is 0 Å². The van der Waals surface area contributed by atoms with E-state index in [1.807, 2.05) is 24.3 Å². The quantitative estimate of drug-likeness (QED) is 0.661. The van der Waals surface area contributed by atoms with Crippen LogP contribution in [0.4, 0.5) is 0 Å². The van der Waals surface area contributed by atoms with E-state index in [1.54, 1.807) is 6.92 Å². The monoisotopic (exact) mass is 226 g/mol. The van der Waals surface area contributed by atoms with Crippen LogP contribution in [0.1, 0.15) is 43.6 Å². The molecule has 2 rings (SSSR count). The Morgan fingerprint density at radius 3 is 2.29 bits per heavy atom. The Balaban J connectivity index is 2.81. The molecule has 0 radical (unpaired) electrons. The number of Topliss-reactive ketones (excluding diaryl/α,β-unsaturated/α-hetero) is 1. The molecule has 0 aromatic heterocycles. The molecule has 0 N–H and O–H groups in total. The van der Waals surface area contributed by atoms with Crippen LogP contribution in [0.2, 0.25) is 0 Å². The molecule has 0 saturated heterocycles. The first-order chi connectivity index (χ1) is 7.89. The van der Waals surface area contributed by atoms with Crippen LogP contribution in [0.3, 0.4) is 0 Å². The van der Waals surface area contributed by atoms with E-state index >= 15 is 0 Å². The van der Waals surface area contributed by atoms with E-state index in [9.17, 15) is 4.79 Å². The summed E-state index contributed by atoms with van der Waals surface area (Å²) in [6.07, 6.45) is 0. The van der Waals surface area contributed by atoms with Crippen molar-refractivity contribution >= 4 is 16.6 Å². The molecule has 0 aliphatic carbocycles. The second kappa shape index (κ2) is 3.99. The molecule has 0 aliphatic rings. The Morgan fingerprint density at radius 1 is 1.06 bits per heavy atom. The van der Waals surface area contributed by atoms with Crippen molar-refractivity contribution in [3.63, 3.8) is 0 Å². The first kappa shape index (κ1) is 11.8. The largest absolute Gasteiger partial charge is 0.294 e. The molecule has 0 unspecified atom stereocenters. The van der Waals surface area contributed by atoms with E-state index < -0.39 is 0 Å². The van der Waals surface area contributed by atoms with Crippen molar-refractivity contribution in [1.82, 2.24) is 0 Å². The van der Waals surface area contributed by atoms with E-state index in [4.69, 9.17) is 0 Å². The van der Waals surface area contributed by atoms with Gasteiger partial charge in [-0.15, -0.1) is 0 Å². The number of hydrogen-bond acceptors (Lipinski definition) is 1. The van der Waals surface area contributed by atoms with Crippen LogP contribution in [-0.2, 0) is 5.41 Å². The van der Waals surface area contributed by atoms with Gasteiger partial charge >= 0.3 is 0 Å². The van der Waals surface area contributed by atoms with Gasteiger partial charge in [0.2, 0.25) is 0 Å². The van der Waals surface area contributed by atoms with Crippen molar-refractivity contribution in [2.45, 2.75) is 33.1 Å². The number of hydrogen-bond donors (Lipinski definition) is 0. The molecule has 0 heterocycles. The summed E-state index contributed by atoms with van der Waals surface area (Å²) in [6, 6.07) is 12.3. The van der Waals surface area contributed by atoms with Crippen LogP contribution < -0.4 is 0 Å². The summed E-state index contributed by atoms with van der Waals surface area (Å²) in [5, 5.41) is 2.19. The van der Waals surface area contributed by atoms with E-state index in [2.05, 4.69) is 32.9 Å². The lowest BCUT2D eigenvalue weighted by Crippen LogP contribution is -2.12. The molecular weight excluding hydrogens is 208 g/mol. The molecule has 2 aromatic rings. The number of benzene rings is 2. The zero-order valence-electron chi connectivity index (χ0n) is 10.9. The minimum atomic E-state index is 0.0637. The van der Waals surface area contributed by atoms with Crippen LogP contribution in [-0.4, -0.2) is 5.78 Å². The van der Waals surface area contributed by atoms with Crippen molar-refractivity contribution in [1.29, 1.82) is 0 Å². The predicted octanol–water partition coefficient (Wildman–Crippen LogP) is 4.34. The fourth-order valence-corrected chi connectivity index (χ4v) is 2.03. The van der Waals surface area contributed by atoms with Crippen molar-refractivity contribution in [2.75, 3.05) is 0 Å². The minimum absolute atomic E-state index is 0.0637. The fraction of sp³-hybridized carbons (Fsp3) is 0.312. The molecule has 17 heavy (non-hydrogen) atoms. The van der Waals surface area contributed by atoms with Crippen LogP contribution in [0, 0.1) is 0 Å². The molecule has 1 heteroatoms. The minimum Gasteiger partial charge on any atom is -0.294 e. The van der Waals surface area contributed by atoms with Crippen LogP contribution in [0.15, 0.2) is 36.4 Å². The molecule has 0 atom stereocenters. The van der Waals surface area contributed by atoms with Gasteiger partial charge in [-0.1, -0.05) is 51.1 Å². The average Bonchev–Trinajstić information content (AvgIpc) is 2.26. The highest BCUT2D eigenvalue weighted by Crippen LogP contribution is 2.29. The first-order valence-corrected chi connectivity index (χ1v) is 5.94. The summed E-state index contributed by atoms with van der Waals surface area (Å²) < 4.78 is 0. The SMILES string of the molecule is CC(=O)c1cc(C(C)(C)C)cc2ccccc12. The molecule has 0 aliphatic heterocycles. The van der Waals surface area contributed by atoms with Gasteiger partial charge in [0.25, 0.3) is 0 Å². The zero-order valence-corrected chi connectivity index (χ0v) is 10.9. The molecule has 0 bridgehead atoms. The Morgan fingerprint density at radius 2 is 1.71 bits per heavy atom. The van der Waals surface area contributed by atoms with E-state index in [0.717, 1.165) is 16.3 Å². The van der Waals surface area contributed by atoms with Crippen molar-refractivity contribution < 1.29 is 4.79 Å². The number of ketones is 1.